The molecule has 0 atom stereocenters. The van der Waals surface area contributed by atoms with Crippen molar-refractivity contribution in [1.82, 2.24) is 4.90 Å². The molecule has 0 unspecified atom stereocenters. The third-order valence-corrected chi connectivity index (χ3v) is 4.35. The molecule has 0 radical (unpaired) electrons. The summed E-state index contributed by atoms with van der Waals surface area (Å²) in [4.78, 5) is 5.76. The van der Waals surface area contributed by atoms with Gasteiger partial charge < -0.3 is 10.8 Å². The van der Waals surface area contributed by atoms with Crippen LogP contribution in [0.2, 0.25) is 0 Å². The van der Waals surface area contributed by atoms with Crippen LogP contribution >= 0.6 is 0 Å². The first-order valence-corrected chi connectivity index (χ1v) is 8.15. The lowest BCUT2D eigenvalue weighted by molar-refractivity contribution is -0.474. The van der Waals surface area contributed by atoms with Crippen molar-refractivity contribution in [2.75, 3.05) is 20.1 Å². The van der Waals surface area contributed by atoms with Crippen LogP contribution < -0.4 is 10.7 Å². The van der Waals surface area contributed by atoms with Crippen molar-refractivity contribution in [2.45, 2.75) is 13.5 Å². The Hall–Kier alpha value is -2.59. The van der Waals surface area contributed by atoms with Gasteiger partial charge in [0.2, 0.25) is 5.71 Å². The van der Waals surface area contributed by atoms with E-state index in [-0.39, 0.29) is 5.75 Å². The molecule has 1 heterocycles. The second kappa shape index (κ2) is 6.89. The molecule has 4 heteroatoms. The van der Waals surface area contributed by atoms with E-state index in [1.807, 2.05) is 24.3 Å². The summed E-state index contributed by atoms with van der Waals surface area (Å²) in [5, 5.41) is 9.66. The minimum atomic E-state index is 0.283. The number of nitrogens with zero attached hydrogens (tertiary/aromatic N) is 1. The quantitative estimate of drug-likeness (QED) is 0.734. The predicted octanol–water partition coefficient (Wildman–Crippen LogP) is 0.929. The number of benzene rings is 2. The number of phenols is 1. The maximum atomic E-state index is 9.66. The van der Waals surface area contributed by atoms with Crippen LogP contribution in [0.25, 0.3) is 0 Å². The highest BCUT2D eigenvalue weighted by atomic mass is 16.3. The van der Waals surface area contributed by atoms with E-state index in [1.54, 1.807) is 12.1 Å². The van der Waals surface area contributed by atoms with E-state index in [4.69, 9.17) is 5.73 Å². The summed E-state index contributed by atoms with van der Waals surface area (Å²) in [7, 11) is 2.07. The molecule has 124 valence electrons. The van der Waals surface area contributed by atoms with Crippen LogP contribution in [0.15, 0.2) is 59.8 Å². The Kier molecular flexibility index (Phi) is 4.67. The molecule has 0 bridgehead atoms. The first kappa shape index (κ1) is 16.3. The molecule has 0 aliphatic carbocycles. The molecule has 0 spiro atoms. The summed E-state index contributed by atoms with van der Waals surface area (Å²) in [5.74, 6) is 0.283. The van der Waals surface area contributed by atoms with Crippen molar-refractivity contribution in [1.29, 1.82) is 0 Å². The molecule has 2 aromatic carbocycles. The average Bonchev–Trinajstić information content (AvgIpc) is 2.88. The predicted molar refractivity (Wildman–Crippen MR) is 96.8 cm³/mol. The van der Waals surface area contributed by atoms with Crippen molar-refractivity contribution < 1.29 is 10.1 Å². The maximum absolute atomic E-state index is 9.66. The van der Waals surface area contributed by atoms with E-state index in [9.17, 15) is 5.11 Å². The fourth-order valence-corrected chi connectivity index (χ4v) is 3.13. The fourth-order valence-electron chi connectivity index (χ4n) is 3.13. The van der Waals surface area contributed by atoms with Gasteiger partial charge in [0.25, 0.3) is 0 Å². The number of rotatable bonds is 4. The summed E-state index contributed by atoms with van der Waals surface area (Å²) in [6.07, 6.45) is 0. The van der Waals surface area contributed by atoms with Gasteiger partial charge in [-0.15, -0.1) is 0 Å². The molecule has 0 saturated carbocycles. The molecule has 4 N–H and O–H groups in total. The van der Waals surface area contributed by atoms with Crippen LogP contribution in [0.5, 0.6) is 5.75 Å². The number of nitrogens with one attached hydrogen (secondary N) is 1. The molecule has 0 saturated heterocycles. The Morgan fingerprint density at radius 3 is 2.62 bits per heavy atom. The summed E-state index contributed by atoms with van der Waals surface area (Å²) in [5.41, 5.74) is 12.9. The average molecular weight is 322 g/mol. The zero-order valence-corrected chi connectivity index (χ0v) is 14.2. The summed E-state index contributed by atoms with van der Waals surface area (Å²) in [6, 6.07) is 15.7. The van der Waals surface area contributed by atoms with Gasteiger partial charge in [-0.05, 0) is 37.7 Å². The van der Waals surface area contributed by atoms with Gasteiger partial charge in [-0.3, -0.25) is 4.90 Å². The van der Waals surface area contributed by atoms with Crippen molar-refractivity contribution in [3.05, 3.63) is 76.5 Å². The second-order valence-electron chi connectivity index (χ2n) is 6.39. The van der Waals surface area contributed by atoms with Gasteiger partial charge in [0, 0.05) is 29.9 Å². The third kappa shape index (κ3) is 3.49. The number of phenolic OH excluding ortho intramolecular Hbond substituents is 1. The Balaban J connectivity index is 2.01. The molecule has 24 heavy (non-hydrogen) atoms. The molecule has 3 rings (SSSR count). The molecule has 4 nitrogen and oxygen atoms in total. The van der Waals surface area contributed by atoms with Crippen LogP contribution in [0.1, 0.15) is 16.7 Å². The zero-order valence-electron chi connectivity index (χ0n) is 14.2. The molecular weight excluding hydrogens is 298 g/mol. The summed E-state index contributed by atoms with van der Waals surface area (Å²) in [6.45, 7) is 4.38. The van der Waals surface area contributed by atoms with Gasteiger partial charge in [0.15, 0.2) is 6.54 Å². The minimum absolute atomic E-state index is 0.283. The molecular formula is C20H24N3O+. The van der Waals surface area contributed by atoms with Gasteiger partial charge in [-0.1, -0.05) is 30.3 Å². The zero-order chi connectivity index (χ0) is 17.1. The first-order chi connectivity index (χ1) is 11.5. The topological polar surface area (TPSA) is 63.5 Å². The monoisotopic (exact) mass is 322 g/mol. The number of nitrogens with two attached hydrogens (primary N) is 1. The minimum Gasteiger partial charge on any atom is -0.508 e. The van der Waals surface area contributed by atoms with Crippen molar-refractivity contribution in [3.63, 3.8) is 0 Å². The van der Waals surface area contributed by atoms with E-state index in [0.717, 1.165) is 35.6 Å². The first-order valence-electron chi connectivity index (χ1n) is 8.15. The van der Waals surface area contributed by atoms with Crippen LogP contribution in [-0.2, 0) is 6.54 Å². The van der Waals surface area contributed by atoms with Gasteiger partial charge in [0.1, 0.15) is 5.75 Å². The smallest absolute Gasteiger partial charge is 0.212 e. The molecule has 1 aliphatic heterocycles. The lowest BCUT2D eigenvalue weighted by atomic mass is 9.97. The normalized spacial score (nSPS) is 16.0. The number of hydrogen-bond acceptors (Lipinski definition) is 3. The maximum Gasteiger partial charge on any atom is 0.212 e. The van der Waals surface area contributed by atoms with E-state index in [1.165, 1.54) is 11.1 Å². The standard InChI is InChI=1S/C20H23N3O/c1-14-6-3-4-9-17(14)20(18-12-23(2)13-19(18)21)22-11-15-7-5-8-16(24)10-15/h3-10,24H,11-13,21H2,1-2H3/p+1. The van der Waals surface area contributed by atoms with Crippen molar-refractivity contribution in [2.24, 2.45) is 5.73 Å². The van der Waals surface area contributed by atoms with Gasteiger partial charge in [-0.25, -0.2) is 4.99 Å². The fraction of sp³-hybridized carbons (Fsp3) is 0.250. The molecule has 0 fully saturated rings. The largest absolute Gasteiger partial charge is 0.508 e. The van der Waals surface area contributed by atoms with E-state index in [2.05, 4.69) is 36.0 Å². The summed E-state index contributed by atoms with van der Waals surface area (Å²) < 4.78 is 0. The van der Waals surface area contributed by atoms with Crippen LogP contribution in [0, 0.1) is 6.92 Å². The van der Waals surface area contributed by atoms with Gasteiger partial charge >= 0.3 is 0 Å². The van der Waals surface area contributed by atoms with E-state index < -0.39 is 0 Å². The molecule has 0 amide bonds. The highest BCUT2D eigenvalue weighted by Crippen LogP contribution is 2.18. The number of aromatic hydroxyl groups is 1. The lowest BCUT2D eigenvalue weighted by Gasteiger charge is -2.09. The Morgan fingerprint density at radius 2 is 1.96 bits per heavy atom. The van der Waals surface area contributed by atoms with Crippen molar-refractivity contribution in [3.8, 4) is 5.75 Å². The Morgan fingerprint density at radius 1 is 1.17 bits per heavy atom. The molecule has 1 aliphatic rings. The SMILES string of the molecule is Cc1ccccc1C(=[NH+]Cc1cccc(O)c1)C1=C(N)CN(C)C1. The summed E-state index contributed by atoms with van der Waals surface area (Å²) >= 11 is 0. The Bertz CT molecular complexity index is 808. The second-order valence-corrected chi connectivity index (χ2v) is 6.39. The highest BCUT2D eigenvalue weighted by Gasteiger charge is 2.26. The molecule has 0 aromatic heterocycles. The van der Waals surface area contributed by atoms with Crippen LogP contribution in [0.3, 0.4) is 0 Å². The number of aryl methyl sites for hydroxylation is 1. The highest BCUT2D eigenvalue weighted by molar-refractivity contribution is 6.10. The van der Waals surface area contributed by atoms with Crippen molar-refractivity contribution >= 4 is 5.71 Å². The number of hydrogen-bond donors (Lipinski definition) is 3. The third-order valence-electron chi connectivity index (χ3n) is 4.35. The van der Waals surface area contributed by atoms with E-state index in [0.29, 0.717) is 6.54 Å². The van der Waals surface area contributed by atoms with Crippen LogP contribution in [0.4, 0.5) is 0 Å². The van der Waals surface area contributed by atoms with Gasteiger partial charge in [0.05, 0.1) is 5.57 Å². The van der Waals surface area contributed by atoms with Gasteiger partial charge in [-0.2, -0.15) is 0 Å². The van der Waals surface area contributed by atoms with Crippen LogP contribution in [-0.4, -0.2) is 35.9 Å². The van der Waals surface area contributed by atoms with E-state index >= 15 is 0 Å². The molecule has 2 aromatic rings. The Labute approximate surface area is 143 Å². The number of likely N-dealkylation sites (N-methyl/N-ethyl adjacent to an activating group) is 1. The lowest BCUT2D eigenvalue weighted by Crippen LogP contribution is -2.72.